The molecule has 1 saturated heterocycles. The maximum absolute atomic E-state index is 14.0. The Morgan fingerprint density at radius 2 is 1.81 bits per heavy atom. The molecule has 31 heavy (non-hydrogen) atoms. The number of alkyl halides is 6. The third-order valence-corrected chi connectivity index (χ3v) is 6.14. The Morgan fingerprint density at radius 3 is 2.42 bits per heavy atom. The van der Waals surface area contributed by atoms with E-state index < -0.39 is 24.3 Å². The number of aromatic amines is 1. The number of rotatable bonds is 3. The van der Waals surface area contributed by atoms with Gasteiger partial charge in [0.25, 0.3) is 5.56 Å². The van der Waals surface area contributed by atoms with Gasteiger partial charge in [-0.2, -0.15) is 31.4 Å². The van der Waals surface area contributed by atoms with Crippen LogP contribution in [0.15, 0.2) is 11.0 Å². The summed E-state index contributed by atoms with van der Waals surface area (Å²) in [4.78, 5) is 20.2. The number of hydrogen-bond donors (Lipinski definition) is 1. The van der Waals surface area contributed by atoms with Gasteiger partial charge in [-0.3, -0.25) is 14.7 Å². The first-order valence-electron chi connectivity index (χ1n) is 10.0. The summed E-state index contributed by atoms with van der Waals surface area (Å²) in [6, 6.07) is -2.09. The number of aromatic nitrogens is 4. The van der Waals surface area contributed by atoms with Crippen molar-refractivity contribution < 1.29 is 26.3 Å². The van der Waals surface area contributed by atoms with Crippen LogP contribution in [0.25, 0.3) is 5.95 Å². The van der Waals surface area contributed by atoms with Gasteiger partial charge < -0.3 is 0 Å². The van der Waals surface area contributed by atoms with Crippen LogP contribution in [-0.4, -0.2) is 50.1 Å². The van der Waals surface area contributed by atoms with Gasteiger partial charge >= 0.3 is 12.4 Å². The number of aryl methyl sites for hydroxylation is 1. The van der Waals surface area contributed by atoms with Gasteiger partial charge in [0, 0.05) is 16.8 Å². The Labute approximate surface area is 173 Å². The summed E-state index contributed by atoms with van der Waals surface area (Å²) in [5.74, 6) is -1.56. The van der Waals surface area contributed by atoms with Gasteiger partial charge in [0.15, 0.2) is 0 Å². The maximum atomic E-state index is 14.0. The first kappa shape index (κ1) is 21.8. The molecule has 1 unspecified atom stereocenters. The average molecular weight is 449 g/mol. The van der Waals surface area contributed by atoms with E-state index in [4.69, 9.17) is 0 Å². The van der Waals surface area contributed by atoms with E-state index in [0.29, 0.717) is 24.1 Å². The first-order chi connectivity index (χ1) is 14.5. The summed E-state index contributed by atoms with van der Waals surface area (Å²) in [6.45, 7) is 0.774. The molecule has 3 heterocycles. The van der Waals surface area contributed by atoms with Gasteiger partial charge in [-0.25, -0.2) is 9.67 Å². The number of likely N-dealkylation sites (tertiary alicyclic amines) is 1. The average Bonchev–Trinajstić information content (AvgIpc) is 3.28. The first-order valence-corrected chi connectivity index (χ1v) is 10.0. The minimum atomic E-state index is -4.71. The van der Waals surface area contributed by atoms with Gasteiger partial charge in [0.2, 0.25) is 5.95 Å². The molecule has 0 bridgehead atoms. The lowest BCUT2D eigenvalue weighted by Gasteiger charge is -2.38. The quantitative estimate of drug-likeness (QED) is 0.727. The van der Waals surface area contributed by atoms with Crippen molar-refractivity contribution in [1.82, 2.24) is 24.6 Å². The fraction of sp³-hybridized carbons (Fsp3) is 0.632. The molecule has 6 nitrogen and oxygen atoms in total. The molecule has 1 aliphatic heterocycles. The molecule has 12 heteroatoms. The molecule has 2 aromatic rings. The van der Waals surface area contributed by atoms with Crippen LogP contribution in [0.4, 0.5) is 26.3 Å². The summed E-state index contributed by atoms with van der Waals surface area (Å²) >= 11 is 0. The molecule has 1 atom stereocenters. The molecule has 2 aliphatic rings. The molecule has 2 aromatic heterocycles. The predicted octanol–water partition coefficient (Wildman–Crippen LogP) is 3.63. The van der Waals surface area contributed by atoms with Crippen molar-refractivity contribution in [3.63, 3.8) is 0 Å². The number of halogens is 6. The van der Waals surface area contributed by atoms with Crippen molar-refractivity contribution in [2.24, 2.45) is 5.92 Å². The lowest BCUT2D eigenvalue weighted by Crippen LogP contribution is -2.45. The molecular formula is C19H21F6N5O. The van der Waals surface area contributed by atoms with E-state index in [1.165, 1.54) is 6.92 Å². The lowest BCUT2D eigenvalue weighted by molar-refractivity contribution is -0.208. The number of hydrogen-bond acceptors (Lipinski definition) is 4. The Bertz CT molecular complexity index is 1020. The van der Waals surface area contributed by atoms with E-state index in [9.17, 15) is 31.1 Å². The molecule has 0 radical (unpaired) electrons. The van der Waals surface area contributed by atoms with Crippen molar-refractivity contribution >= 4 is 0 Å². The topological polar surface area (TPSA) is 66.8 Å². The number of H-pyrrole nitrogens is 1. The third kappa shape index (κ3) is 4.09. The molecule has 0 aromatic carbocycles. The van der Waals surface area contributed by atoms with E-state index in [-0.39, 0.29) is 48.7 Å². The summed E-state index contributed by atoms with van der Waals surface area (Å²) < 4.78 is 81.9. The van der Waals surface area contributed by atoms with E-state index in [1.54, 1.807) is 0 Å². The van der Waals surface area contributed by atoms with Crippen LogP contribution in [-0.2, 0) is 12.8 Å². The van der Waals surface area contributed by atoms with Crippen molar-refractivity contribution in [3.8, 4) is 5.95 Å². The van der Waals surface area contributed by atoms with Crippen molar-refractivity contribution in [1.29, 1.82) is 0 Å². The summed E-state index contributed by atoms with van der Waals surface area (Å²) in [7, 11) is 0. The largest absolute Gasteiger partial charge is 0.408 e. The Balaban J connectivity index is 1.66. The standard InChI is InChI=1S/C19H21F6N5O/c1-10-13(9-26-30(10)17-27-14-4-2-3-12(14)16(31)28-17)15(19(23,24)25)29-7-5-11(6-8-29)18(20,21)22/h9,11,15H,2-8H2,1H3,(H,27,28,31). The number of piperidine rings is 1. The highest BCUT2D eigenvalue weighted by molar-refractivity contribution is 5.31. The fourth-order valence-electron chi connectivity index (χ4n) is 4.50. The van der Waals surface area contributed by atoms with Crippen LogP contribution < -0.4 is 5.56 Å². The highest BCUT2D eigenvalue weighted by atomic mass is 19.4. The minimum Gasteiger partial charge on any atom is -0.291 e. The second-order valence-electron chi connectivity index (χ2n) is 8.06. The monoisotopic (exact) mass is 449 g/mol. The number of fused-ring (bicyclic) bond motifs is 1. The number of nitrogens with one attached hydrogen (secondary N) is 1. The molecule has 170 valence electrons. The highest BCUT2D eigenvalue weighted by Crippen LogP contribution is 2.43. The third-order valence-electron chi connectivity index (χ3n) is 6.14. The van der Waals surface area contributed by atoms with E-state index in [2.05, 4.69) is 15.1 Å². The van der Waals surface area contributed by atoms with Gasteiger partial charge in [0.05, 0.1) is 17.8 Å². The lowest BCUT2D eigenvalue weighted by atomic mass is 9.93. The van der Waals surface area contributed by atoms with Crippen LogP contribution in [0, 0.1) is 12.8 Å². The Morgan fingerprint density at radius 1 is 1.13 bits per heavy atom. The Hall–Kier alpha value is -2.37. The van der Waals surface area contributed by atoms with Crippen molar-refractivity contribution in [2.75, 3.05) is 13.1 Å². The Kier molecular flexibility index (Phi) is 5.39. The van der Waals surface area contributed by atoms with Crippen LogP contribution in [0.5, 0.6) is 0 Å². The van der Waals surface area contributed by atoms with E-state index >= 15 is 0 Å². The van der Waals surface area contributed by atoms with E-state index in [0.717, 1.165) is 22.2 Å². The van der Waals surface area contributed by atoms with Crippen molar-refractivity contribution in [3.05, 3.63) is 39.1 Å². The molecule has 1 aliphatic carbocycles. The van der Waals surface area contributed by atoms with Crippen LogP contribution >= 0.6 is 0 Å². The smallest absolute Gasteiger partial charge is 0.291 e. The molecule has 1 N–H and O–H groups in total. The highest BCUT2D eigenvalue weighted by Gasteiger charge is 2.49. The predicted molar refractivity (Wildman–Crippen MR) is 97.9 cm³/mol. The molecule has 4 rings (SSSR count). The summed E-state index contributed by atoms with van der Waals surface area (Å²) in [5, 5.41) is 4.01. The molecule has 0 spiro atoms. The van der Waals surface area contributed by atoms with Crippen LogP contribution in [0.3, 0.4) is 0 Å². The molecular weight excluding hydrogens is 428 g/mol. The zero-order chi connectivity index (χ0) is 22.6. The SMILES string of the molecule is Cc1c(C(N2CCC(C(F)(F)F)CC2)C(F)(F)F)cnn1-c1nc2c(c(=O)[nH]1)CCC2. The second-order valence-corrected chi connectivity index (χ2v) is 8.06. The van der Waals surface area contributed by atoms with Gasteiger partial charge in [-0.15, -0.1) is 0 Å². The van der Waals surface area contributed by atoms with Gasteiger partial charge in [-0.1, -0.05) is 0 Å². The maximum Gasteiger partial charge on any atom is 0.408 e. The molecule has 1 fully saturated rings. The van der Waals surface area contributed by atoms with Crippen LogP contribution in [0.1, 0.15) is 47.8 Å². The normalized spacial score (nSPS) is 19.6. The van der Waals surface area contributed by atoms with Crippen LogP contribution in [0.2, 0.25) is 0 Å². The second kappa shape index (κ2) is 7.64. The fourth-order valence-corrected chi connectivity index (χ4v) is 4.50. The zero-order valence-electron chi connectivity index (χ0n) is 16.6. The van der Waals surface area contributed by atoms with Gasteiger partial charge in [0.1, 0.15) is 6.04 Å². The molecule has 0 saturated carbocycles. The molecule has 0 amide bonds. The van der Waals surface area contributed by atoms with Crippen molar-refractivity contribution in [2.45, 2.75) is 57.4 Å². The summed E-state index contributed by atoms with van der Waals surface area (Å²) in [6.07, 6.45) is -6.84. The minimum absolute atomic E-state index is 0.0334. The summed E-state index contributed by atoms with van der Waals surface area (Å²) in [5.41, 5.74) is 0.810. The number of nitrogens with zero attached hydrogens (tertiary/aromatic N) is 4. The van der Waals surface area contributed by atoms with Gasteiger partial charge in [-0.05, 0) is 52.1 Å². The van der Waals surface area contributed by atoms with E-state index in [1.807, 2.05) is 0 Å². The zero-order valence-corrected chi connectivity index (χ0v) is 16.6.